The largest absolute Gasteiger partial charge is 0.385 e. The SMILES string of the molecule is O=C(CO)OS(=O)O. The van der Waals surface area contributed by atoms with Crippen molar-refractivity contribution in [3.63, 3.8) is 0 Å². The van der Waals surface area contributed by atoms with E-state index in [0.29, 0.717) is 0 Å². The molecule has 0 aromatic carbocycles. The van der Waals surface area contributed by atoms with Gasteiger partial charge in [-0.2, -0.15) is 4.21 Å². The molecule has 0 fully saturated rings. The molecule has 0 aliphatic rings. The van der Waals surface area contributed by atoms with Gasteiger partial charge in [-0.15, -0.1) is 0 Å². The molecule has 0 radical (unpaired) electrons. The first-order valence-electron chi connectivity index (χ1n) is 1.59. The van der Waals surface area contributed by atoms with Gasteiger partial charge < -0.3 is 9.29 Å². The van der Waals surface area contributed by atoms with Gasteiger partial charge in [-0.05, 0) is 0 Å². The lowest BCUT2D eigenvalue weighted by Crippen LogP contribution is -2.09. The zero-order chi connectivity index (χ0) is 6.57. The average molecular weight is 140 g/mol. The van der Waals surface area contributed by atoms with Crippen LogP contribution in [0.15, 0.2) is 0 Å². The fraction of sp³-hybridized carbons (Fsp3) is 0.500. The third kappa shape index (κ3) is 3.72. The summed E-state index contributed by atoms with van der Waals surface area (Å²) in [4.78, 5) is 9.80. The minimum Gasteiger partial charge on any atom is -0.385 e. The number of aliphatic hydroxyl groups excluding tert-OH is 1. The highest BCUT2D eigenvalue weighted by molar-refractivity contribution is 7.74. The van der Waals surface area contributed by atoms with E-state index in [0.717, 1.165) is 0 Å². The van der Waals surface area contributed by atoms with Crippen molar-refractivity contribution in [3.05, 3.63) is 0 Å². The third-order valence-electron chi connectivity index (χ3n) is 0.293. The molecule has 0 aliphatic heterocycles. The van der Waals surface area contributed by atoms with Gasteiger partial charge in [-0.1, -0.05) is 0 Å². The fourth-order valence-electron chi connectivity index (χ4n) is 0.106. The smallest absolute Gasteiger partial charge is 0.360 e. The fourth-order valence-corrected chi connectivity index (χ4v) is 0.318. The molecule has 1 atom stereocenters. The molecule has 0 saturated carbocycles. The second-order valence-electron chi connectivity index (χ2n) is 0.831. The standard InChI is InChI=1S/C2H4O5S/c3-1-2(4)7-8(5)6/h3H,1H2,(H,5,6). The van der Waals surface area contributed by atoms with E-state index in [4.69, 9.17) is 9.66 Å². The van der Waals surface area contributed by atoms with Crippen LogP contribution >= 0.6 is 0 Å². The van der Waals surface area contributed by atoms with Gasteiger partial charge in [-0.3, -0.25) is 4.55 Å². The van der Waals surface area contributed by atoms with Crippen LogP contribution in [-0.4, -0.2) is 26.4 Å². The number of hydrogen-bond acceptors (Lipinski definition) is 4. The topological polar surface area (TPSA) is 83.8 Å². The van der Waals surface area contributed by atoms with Gasteiger partial charge in [0.15, 0.2) is 0 Å². The third-order valence-corrected chi connectivity index (χ3v) is 0.622. The first-order chi connectivity index (χ1) is 3.66. The summed E-state index contributed by atoms with van der Waals surface area (Å²) in [6.07, 6.45) is 0. The van der Waals surface area contributed by atoms with E-state index in [2.05, 4.69) is 4.18 Å². The van der Waals surface area contributed by atoms with E-state index in [-0.39, 0.29) is 0 Å². The van der Waals surface area contributed by atoms with Gasteiger partial charge in [0.25, 0.3) is 0 Å². The zero-order valence-electron chi connectivity index (χ0n) is 3.73. The molecule has 1 unspecified atom stereocenters. The van der Waals surface area contributed by atoms with Crippen LogP contribution in [0.5, 0.6) is 0 Å². The number of hydrogen-bond donors (Lipinski definition) is 2. The minimum atomic E-state index is -2.61. The lowest BCUT2D eigenvalue weighted by Gasteiger charge is -1.90. The molecule has 8 heavy (non-hydrogen) atoms. The Morgan fingerprint density at radius 3 is 2.38 bits per heavy atom. The summed E-state index contributed by atoms with van der Waals surface area (Å²) in [5.41, 5.74) is 0. The van der Waals surface area contributed by atoms with Crippen molar-refractivity contribution in [2.75, 3.05) is 6.61 Å². The molecule has 0 heterocycles. The molecule has 0 aliphatic carbocycles. The maximum atomic E-state index is 9.80. The van der Waals surface area contributed by atoms with Crippen LogP contribution in [0.1, 0.15) is 0 Å². The molecule has 2 N–H and O–H groups in total. The Bertz CT molecular complexity index is 109. The van der Waals surface area contributed by atoms with E-state index in [1.807, 2.05) is 0 Å². The molecule has 0 amide bonds. The highest BCUT2D eigenvalue weighted by Crippen LogP contribution is 1.78. The molecular weight excluding hydrogens is 136 g/mol. The Kier molecular flexibility index (Phi) is 3.33. The van der Waals surface area contributed by atoms with E-state index < -0.39 is 23.9 Å². The first kappa shape index (κ1) is 7.54. The van der Waals surface area contributed by atoms with Crippen molar-refractivity contribution < 1.29 is 22.8 Å². The Morgan fingerprint density at radius 2 is 2.25 bits per heavy atom. The van der Waals surface area contributed by atoms with Crippen molar-refractivity contribution in [1.29, 1.82) is 0 Å². The van der Waals surface area contributed by atoms with Crippen LogP contribution in [0, 0.1) is 0 Å². The molecule has 6 heteroatoms. The molecule has 0 aromatic heterocycles. The normalized spacial score (nSPS) is 12.8. The number of carbonyl (C=O) groups excluding carboxylic acids is 1. The van der Waals surface area contributed by atoms with E-state index in [1.165, 1.54) is 0 Å². The average Bonchev–Trinajstić information content (AvgIpc) is 1.65. The summed E-state index contributed by atoms with van der Waals surface area (Å²) in [6, 6.07) is 0. The van der Waals surface area contributed by atoms with Crippen LogP contribution in [0.25, 0.3) is 0 Å². The molecule has 0 saturated heterocycles. The molecule has 48 valence electrons. The quantitative estimate of drug-likeness (QED) is 0.464. The van der Waals surface area contributed by atoms with Crippen LogP contribution < -0.4 is 0 Å². The van der Waals surface area contributed by atoms with Crippen molar-refractivity contribution in [1.82, 2.24) is 0 Å². The van der Waals surface area contributed by atoms with Gasteiger partial charge in [0.1, 0.15) is 6.61 Å². The predicted octanol–water partition coefficient (Wildman–Crippen LogP) is -1.34. The second kappa shape index (κ2) is 3.53. The van der Waals surface area contributed by atoms with Crippen molar-refractivity contribution in [2.24, 2.45) is 0 Å². The van der Waals surface area contributed by atoms with E-state index >= 15 is 0 Å². The second-order valence-corrected chi connectivity index (χ2v) is 1.43. The highest BCUT2D eigenvalue weighted by atomic mass is 32.2. The number of carbonyl (C=O) groups is 1. The van der Waals surface area contributed by atoms with Crippen LogP contribution in [0.4, 0.5) is 0 Å². The Balaban J connectivity index is 3.40. The molecular formula is C2H4O5S. The summed E-state index contributed by atoms with van der Waals surface area (Å²) in [7, 11) is 0. The summed E-state index contributed by atoms with van der Waals surface area (Å²) in [5.74, 6) is -1.12. The van der Waals surface area contributed by atoms with E-state index in [1.54, 1.807) is 0 Å². The summed E-state index contributed by atoms with van der Waals surface area (Å²) < 4.78 is 20.8. The Hall–Kier alpha value is -0.460. The summed E-state index contributed by atoms with van der Waals surface area (Å²) >= 11 is -2.61. The van der Waals surface area contributed by atoms with Crippen LogP contribution in [-0.2, 0) is 20.3 Å². The van der Waals surface area contributed by atoms with Gasteiger partial charge in [0.2, 0.25) is 0 Å². The summed E-state index contributed by atoms with van der Waals surface area (Å²) in [5, 5.41) is 7.86. The monoisotopic (exact) mass is 140 g/mol. The van der Waals surface area contributed by atoms with E-state index in [9.17, 15) is 9.00 Å². The first-order valence-corrected chi connectivity index (χ1v) is 2.63. The molecule has 0 rings (SSSR count). The van der Waals surface area contributed by atoms with Gasteiger partial charge in [0, 0.05) is 0 Å². The minimum absolute atomic E-state index is 0.883. The van der Waals surface area contributed by atoms with Crippen molar-refractivity contribution >= 4 is 17.3 Å². The molecule has 0 bridgehead atoms. The maximum Gasteiger partial charge on any atom is 0.360 e. The van der Waals surface area contributed by atoms with Crippen molar-refractivity contribution in [2.45, 2.75) is 0 Å². The Labute approximate surface area is 47.8 Å². The lowest BCUT2D eigenvalue weighted by atomic mass is 10.8. The highest BCUT2D eigenvalue weighted by Gasteiger charge is 2.01. The zero-order valence-corrected chi connectivity index (χ0v) is 4.55. The lowest BCUT2D eigenvalue weighted by molar-refractivity contribution is -0.136. The van der Waals surface area contributed by atoms with Gasteiger partial charge >= 0.3 is 17.3 Å². The maximum absolute atomic E-state index is 9.80. The van der Waals surface area contributed by atoms with Crippen LogP contribution in [0.3, 0.4) is 0 Å². The molecule has 0 aromatic rings. The Morgan fingerprint density at radius 1 is 1.75 bits per heavy atom. The summed E-state index contributed by atoms with van der Waals surface area (Å²) in [6.45, 7) is -0.883. The van der Waals surface area contributed by atoms with Gasteiger partial charge in [0.05, 0.1) is 0 Å². The number of aliphatic hydroxyl groups is 1. The number of rotatable bonds is 2. The van der Waals surface area contributed by atoms with Crippen molar-refractivity contribution in [3.8, 4) is 0 Å². The van der Waals surface area contributed by atoms with Crippen LogP contribution in [0.2, 0.25) is 0 Å². The van der Waals surface area contributed by atoms with Gasteiger partial charge in [-0.25, -0.2) is 4.79 Å². The molecule has 0 spiro atoms. The molecule has 5 nitrogen and oxygen atoms in total. The predicted molar refractivity (Wildman–Crippen MR) is 23.9 cm³/mol.